The number of hydrogen-bond donors (Lipinski definition) is 2. The molecule has 0 aromatic rings. The summed E-state index contributed by atoms with van der Waals surface area (Å²) in [5, 5.41) is 0. The molecule has 0 aromatic heterocycles. The molecule has 0 bridgehead atoms. The predicted molar refractivity (Wildman–Crippen MR) is 42.7 cm³/mol. The third-order valence-electron chi connectivity index (χ3n) is 1.60. The Morgan fingerprint density at radius 1 is 1.36 bits per heavy atom. The predicted octanol–water partition coefficient (Wildman–Crippen LogP) is -7.72. The summed E-state index contributed by atoms with van der Waals surface area (Å²) in [6.45, 7) is 1.64. The second-order valence-electron chi connectivity index (χ2n) is 2.87. The van der Waals surface area contributed by atoms with Gasteiger partial charge in [0.05, 0.1) is 0 Å². The molecule has 2 N–H and O–H groups in total. The van der Waals surface area contributed by atoms with Gasteiger partial charge in [0.25, 0.3) is 0 Å². The standard InChI is InChI=1S/C5H15O5PSi.2Na/c1-5(12(9)10)3-2-4-11(6,7)8;;/h5,9-10,12H,2-4H2,1H3,(H2,6,7,8);;/q;2*+1/p-2. The SMILES string of the molecule is CC(CCCP(=O)([O-])[O-])[SiH](O)O.[Na+].[Na+]. The van der Waals surface area contributed by atoms with Crippen molar-refractivity contribution in [3.8, 4) is 0 Å². The summed E-state index contributed by atoms with van der Waals surface area (Å²) in [5.41, 5.74) is -0.253. The Bertz CT molecular complexity index is 176. The summed E-state index contributed by atoms with van der Waals surface area (Å²) in [5.74, 6) is 0. The van der Waals surface area contributed by atoms with Crippen LogP contribution in [0.5, 0.6) is 0 Å². The maximum atomic E-state index is 10.1. The van der Waals surface area contributed by atoms with Crippen LogP contribution in [0.15, 0.2) is 0 Å². The van der Waals surface area contributed by atoms with Crippen molar-refractivity contribution >= 4 is 16.9 Å². The van der Waals surface area contributed by atoms with Gasteiger partial charge in [0.15, 0.2) is 0 Å². The second-order valence-corrected chi connectivity index (χ2v) is 6.50. The van der Waals surface area contributed by atoms with Crippen LogP contribution in [0.4, 0.5) is 0 Å². The first-order chi connectivity index (χ1) is 5.33. The zero-order valence-electron chi connectivity index (χ0n) is 8.84. The van der Waals surface area contributed by atoms with Crippen LogP contribution in [0.2, 0.25) is 5.54 Å². The maximum absolute atomic E-state index is 10.1. The molecular weight excluding hydrogens is 245 g/mol. The van der Waals surface area contributed by atoms with Gasteiger partial charge in [-0.3, -0.25) is 0 Å². The molecule has 0 aliphatic heterocycles. The Morgan fingerprint density at radius 2 is 1.79 bits per heavy atom. The monoisotopic (exact) mass is 258 g/mol. The van der Waals surface area contributed by atoms with Gasteiger partial charge in [-0.05, 0) is 24.5 Å². The Balaban J connectivity index is -0.000000605. The maximum Gasteiger partial charge on any atom is 1.00 e. The summed E-state index contributed by atoms with van der Waals surface area (Å²) >= 11 is 0. The normalized spacial score (nSPS) is 13.0. The molecule has 14 heavy (non-hydrogen) atoms. The van der Waals surface area contributed by atoms with Crippen molar-refractivity contribution in [3.05, 3.63) is 0 Å². The van der Waals surface area contributed by atoms with Crippen LogP contribution >= 0.6 is 7.60 Å². The van der Waals surface area contributed by atoms with Gasteiger partial charge in [-0.15, -0.1) is 0 Å². The molecule has 0 aromatic carbocycles. The Kier molecular flexibility index (Phi) is 16.1. The minimum Gasteiger partial charge on any atom is -0.811 e. The van der Waals surface area contributed by atoms with E-state index in [1.807, 2.05) is 0 Å². The van der Waals surface area contributed by atoms with Crippen LogP contribution in [0.25, 0.3) is 0 Å². The zero-order chi connectivity index (χ0) is 9.78. The summed E-state index contributed by atoms with van der Waals surface area (Å²) in [6, 6.07) is 0. The second kappa shape index (κ2) is 10.4. The van der Waals surface area contributed by atoms with Crippen LogP contribution < -0.4 is 68.9 Å². The number of hydrogen-bond acceptors (Lipinski definition) is 5. The third-order valence-corrected chi connectivity index (χ3v) is 3.82. The molecule has 0 radical (unpaired) electrons. The minimum absolute atomic E-state index is 0. The zero-order valence-corrected chi connectivity index (χ0v) is 14.9. The molecule has 0 aliphatic rings. The van der Waals surface area contributed by atoms with Crippen molar-refractivity contribution in [1.82, 2.24) is 0 Å². The van der Waals surface area contributed by atoms with Crippen LogP contribution in [-0.4, -0.2) is 25.0 Å². The smallest absolute Gasteiger partial charge is 0.811 e. The first-order valence-electron chi connectivity index (χ1n) is 3.70. The van der Waals surface area contributed by atoms with Crippen LogP contribution in [-0.2, 0) is 4.57 Å². The first-order valence-corrected chi connectivity index (χ1v) is 7.13. The van der Waals surface area contributed by atoms with E-state index >= 15 is 0 Å². The molecule has 0 fully saturated rings. The topological polar surface area (TPSA) is 104 Å². The van der Waals surface area contributed by atoms with Crippen molar-refractivity contribution in [1.29, 1.82) is 0 Å². The van der Waals surface area contributed by atoms with Gasteiger partial charge in [0, 0.05) is 0 Å². The largest absolute Gasteiger partial charge is 1.00 e. The fourth-order valence-corrected chi connectivity index (χ4v) is 1.86. The van der Waals surface area contributed by atoms with Crippen molar-refractivity contribution in [2.45, 2.75) is 25.3 Å². The Labute approximate surface area is 130 Å². The summed E-state index contributed by atoms with van der Waals surface area (Å²) in [4.78, 5) is 37.7. The fourth-order valence-electron chi connectivity index (χ4n) is 0.756. The van der Waals surface area contributed by atoms with E-state index in [9.17, 15) is 14.4 Å². The quantitative estimate of drug-likeness (QED) is 0.376. The Hall–Kier alpha value is 2.29. The average molecular weight is 258 g/mol. The van der Waals surface area contributed by atoms with Gasteiger partial charge in [-0.1, -0.05) is 14.5 Å². The van der Waals surface area contributed by atoms with E-state index in [1.165, 1.54) is 0 Å². The molecule has 5 nitrogen and oxygen atoms in total. The van der Waals surface area contributed by atoms with Crippen LogP contribution in [0.1, 0.15) is 19.8 Å². The molecule has 74 valence electrons. The molecule has 9 heteroatoms. The van der Waals surface area contributed by atoms with Gasteiger partial charge in [0.2, 0.25) is 0 Å². The van der Waals surface area contributed by atoms with Gasteiger partial charge >= 0.3 is 68.4 Å². The molecule has 0 rings (SSSR count). The molecule has 0 spiro atoms. The molecule has 0 amide bonds. The molecule has 0 saturated carbocycles. The van der Waals surface area contributed by atoms with Crippen molar-refractivity contribution < 1.29 is 83.1 Å². The number of rotatable bonds is 5. The van der Waals surface area contributed by atoms with E-state index in [4.69, 9.17) is 9.59 Å². The van der Waals surface area contributed by atoms with Crippen molar-refractivity contribution in [2.24, 2.45) is 0 Å². The molecular formula is C5H13Na2O5PSi. The first kappa shape index (κ1) is 21.6. The van der Waals surface area contributed by atoms with Gasteiger partial charge in [-0.25, -0.2) is 0 Å². The van der Waals surface area contributed by atoms with Crippen molar-refractivity contribution in [2.75, 3.05) is 6.16 Å². The van der Waals surface area contributed by atoms with E-state index in [1.54, 1.807) is 6.92 Å². The van der Waals surface area contributed by atoms with Crippen LogP contribution in [0.3, 0.4) is 0 Å². The van der Waals surface area contributed by atoms with E-state index in [-0.39, 0.29) is 71.1 Å². The minimum atomic E-state index is -4.40. The molecule has 0 aliphatic carbocycles. The van der Waals surface area contributed by atoms with Crippen molar-refractivity contribution in [3.63, 3.8) is 0 Å². The van der Waals surface area contributed by atoms with E-state index in [0.717, 1.165) is 0 Å². The summed E-state index contributed by atoms with van der Waals surface area (Å²) in [7, 11) is -7.04. The average Bonchev–Trinajstić information content (AvgIpc) is 1.84. The van der Waals surface area contributed by atoms with E-state index in [2.05, 4.69) is 0 Å². The van der Waals surface area contributed by atoms with Crippen LogP contribution in [0, 0.1) is 0 Å². The van der Waals surface area contributed by atoms with E-state index < -0.39 is 23.0 Å². The fraction of sp³-hybridized carbons (Fsp3) is 1.00. The Morgan fingerprint density at radius 3 is 2.07 bits per heavy atom. The molecule has 0 heterocycles. The summed E-state index contributed by atoms with van der Waals surface area (Å²) in [6.07, 6.45) is 0.215. The molecule has 1 unspecified atom stereocenters. The van der Waals surface area contributed by atoms with Gasteiger partial charge in [-0.2, -0.15) is 0 Å². The third kappa shape index (κ3) is 14.3. The van der Waals surface area contributed by atoms with Gasteiger partial charge < -0.3 is 23.9 Å². The van der Waals surface area contributed by atoms with Gasteiger partial charge in [0.1, 0.15) is 0 Å². The van der Waals surface area contributed by atoms with E-state index in [0.29, 0.717) is 6.42 Å². The molecule has 1 atom stereocenters. The summed E-state index contributed by atoms with van der Waals surface area (Å²) < 4.78 is 10.1. The molecule has 0 saturated heterocycles.